The van der Waals surface area contributed by atoms with Gasteiger partial charge in [0.15, 0.2) is 5.58 Å². The standard InChI is InChI=1S/C13H15N3O3/c1-16(12(17)7-4-8(14)5-7)9-2-3-11-10(6-9)15-13(18)19-11/h2-3,6-8H,4-5,14H2,1H3,(H,15,18). The van der Waals surface area contributed by atoms with Crippen LogP contribution in [0.25, 0.3) is 11.1 Å². The van der Waals surface area contributed by atoms with Gasteiger partial charge < -0.3 is 15.1 Å². The van der Waals surface area contributed by atoms with Gasteiger partial charge >= 0.3 is 5.76 Å². The van der Waals surface area contributed by atoms with Gasteiger partial charge in [0.25, 0.3) is 0 Å². The fourth-order valence-corrected chi connectivity index (χ4v) is 2.41. The highest BCUT2D eigenvalue weighted by Crippen LogP contribution is 2.29. The molecular weight excluding hydrogens is 246 g/mol. The summed E-state index contributed by atoms with van der Waals surface area (Å²) in [5.41, 5.74) is 7.51. The second-order valence-corrected chi connectivity index (χ2v) is 5.02. The molecule has 6 heteroatoms. The SMILES string of the molecule is CN(C(=O)C1CC(N)C1)c1ccc2oc(=O)[nH]c2c1. The Morgan fingerprint density at radius 2 is 2.21 bits per heavy atom. The van der Waals surface area contributed by atoms with Crippen LogP contribution in [0, 0.1) is 5.92 Å². The highest BCUT2D eigenvalue weighted by Gasteiger charge is 2.34. The number of carbonyl (C=O) groups excluding carboxylic acids is 1. The zero-order valence-corrected chi connectivity index (χ0v) is 10.6. The number of nitrogens with zero attached hydrogens (tertiary/aromatic N) is 1. The van der Waals surface area contributed by atoms with Crippen molar-refractivity contribution in [3.05, 3.63) is 28.7 Å². The molecule has 1 aliphatic carbocycles. The second kappa shape index (κ2) is 4.24. The van der Waals surface area contributed by atoms with E-state index in [1.165, 1.54) is 0 Å². The van der Waals surface area contributed by atoms with Crippen molar-refractivity contribution in [2.75, 3.05) is 11.9 Å². The molecular formula is C13H15N3O3. The fraction of sp³-hybridized carbons (Fsp3) is 0.385. The summed E-state index contributed by atoms with van der Waals surface area (Å²) in [6.07, 6.45) is 1.49. The molecule has 0 spiro atoms. The summed E-state index contributed by atoms with van der Waals surface area (Å²) in [7, 11) is 1.73. The molecule has 3 rings (SSSR count). The highest BCUT2D eigenvalue weighted by molar-refractivity contribution is 5.96. The van der Waals surface area contributed by atoms with Gasteiger partial charge in [0.1, 0.15) is 0 Å². The largest absolute Gasteiger partial charge is 0.417 e. The summed E-state index contributed by atoms with van der Waals surface area (Å²) in [5, 5.41) is 0. The van der Waals surface area contributed by atoms with E-state index in [2.05, 4.69) is 4.98 Å². The maximum absolute atomic E-state index is 12.2. The average molecular weight is 261 g/mol. The van der Waals surface area contributed by atoms with Crippen molar-refractivity contribution in [3.63, 3.8) is 0 Å². The molecule has 1 fully saturated rings. The predicted molar refractivity (Wildman–Crippen MR) is 70.9 cm³/mol. The Balaban J connectivity index is 1.86. The van der Waals surface area contributed by atoms with E-state index in [0.717, 1.165) is 18.5 Å². The molecule has 6 nitrogen and oxygen atoms in total. The minimum absolute atomic E-state index is 0.0131. The number of nitrogens with two attached hydrogens (primary N) is 1. The Hall–Kier alpha value is -2.08. The first-order valence-electron chi connectivity index (χ1n) is 6.20. The predicted octanol–water partition coefficient (Wildman–Crippen LogP) is 0.821. The van der Waals surface area contributed by atoms with E-state index in [0.29, 0.717) is 11.1 Å². The number of anilines is 1. The molecule has 1 aromatic heterocycles. The zero-order chi connectivity index (χ0) is 13.6. The Morgan fingerprint density at radius 1 is 1.47 bits per heavy atom. The Morgan fingerprint density at radius 3 is 2.89 bits per heavy atom. The van der Waals surface area contributed by atoms with E-state index in [-0.39, 0.29) is 17.9 Å². The molecule has 1 amide bonds. The molecule has 19 heavy (non-hydrogen) atoms. The van der Waals surface area contributed by atoms with Crippen LogP contribution in [-0.2, 0) is 4.79 Å². The molecule has 3 N–H and O–H groups in total. The van der Waals surface area contributed by atoms with Gasteiger partial charge in [-0.05, 0) is 31.0 Å². The Bertz CT molecular complexity index is 682. The average Bonchev–Trinajstić information content (AvgIpc) is 2.72. The van der Waals surface area contributed by atoms with Crippen molar-refractivity contribution < 1.29 is 9.21 Å². The molecule has 0 bridgehead atoms. The number of fused-ring (bicyclic) bond motifs is 1. The summed E-state index contributed by atoms with van der Waals surface area (Å²) in [6.45, 7) is 0. The van der Waals surface area contributed by atoms with Crippen LogP contribution in [0.3, 0.4) is 0 Å². The lowest BCUT2D eigenvalue weighted by Crippen LogP contribution is -2.45. The maximum atomic E-state index is 12.2. The fourth-order valence-electron chi connectivity index (χ4n) is 2.41. The van der Waals surface area contributed by atoms with Crippen LogP contribution < -0.4 is 16.4 Å². The van der Waals surface area contributed by atoms with Crippen LogP contribution >= 0.6 is 0 Å². The van der Waals surface area contributed by atoms with Crippen LogP contribution in [0.15, 0.2) is 27.4 Å². The van der Waals surface area contributed by atoms with E-state index in [1.807, 2.05) is 0 Å². The van der Waals surface area contributed by atoms with Crippen LogP contribution in [0.5, 0.6) is 0 Å². The smallest absolute Gasteiger partial charge is 0.408 e. The minimum Gasteiger partial charge on any atom is -0.408 e. The molecule has 0 radical (unpaired) electrons. The quantitative estimate of drug-likeness (QED) is 0.837. The lowest BCUT2D eigenvalue weighted by molar-refractivity contribution is -0.124. The van der Waals surface area contributed by atoms with Crippen LogP contribution in [-0.4, -0.2) is 24.0 Å². The summed E-state index contributed by atoms with van der Waals surface area (Å²) in [4.78, 5) is 27.4. The summed E-state index contributed by atoms with van der Waals surface area (Å²) >= 11 is 0. The molecule has 100 valence electrons. The third kappa shape index (κ3) is 2.04. The molecule has 1 aromatic carbocycles. The number of nitrogens with one attached hydrogen (secondary N) is 1. The minimum atomic E-state index is -0.494. The van der Waals surface area contributed by atoms with Gasteiger partial charge in [0.2, 0.25) is 5.91 Å². The lowest BCUT2D eigenvalue weighted by atomic mass is 9.80. The first-order valence-corrected chi connectivity index (χ1v) is 6.20. The van der Waals surface area contributed by atoms with Crippen molar-refractivity contribution in [2.24, 2.45) is 11.7 Å². The number of carbonyl (C=O) groups is 1. The summed E-state index contributed by atoms with van der Waals surface area (Å²) in [5.74, 6) is -0.419. The van der Waals surface area contributed by atoms with Crippen LogP contribution in [0.1, 0.15) is 12.8 Å². The molecule has 1 saturated carbocycles. The van der Waals surface area contributed by atoms with Crippen molar-refractivity contribution in [2.45, 2.75) is 18.9 Å². The molecule has 1 heterocycles. The van der Waals surface area contributed by atoms with Crippen LogP contribution in [0.2, 0.25) is 0 Å². The van der Waals surface area contributed by atoms with Crippen LogP contribution in [0.4, 0.5) is 5.69 Å². The van der Waals surface area contributed by atoms with Crippen molar-refractivity contribution in [1.82, 2.24) is 4.98 Å². The number of hydrogen-bond acceptors (Lipinski definition) is 4. The second-order valence-electron chi connectivity index (χ2n) is 5.02. The molecule has 1 aliphatic rings. The van der Waals surface area contributed by atoms with Crippen molar-refractivity contribution >= 4 is 22.7 Å². The van der Waals surface area contributed by atoms with Crippen molar-refractivity contribution in [3.8, 4) is 0 Å². The van der Waals surface area contributed by atoms with E-state index >= 15 is 0 Å². The highest BCUT2D eigenvalue weighted by atomic mass is 16.4. The van der Waals surface area contributed by atoms with Crippen molar-refractivity contribution in [1.29, 1.82) is 0 Å². The molecule has 2 aromatic rings. The zero-order valence-electron chi connectivity index (χ0n) is 10.6. The topological polar surface area (TPSA) is 92.3 Å². The third-order valence-electron chi connectivity index (χ3n) is 3.64. The van der Waals surface area contributed by atoms with Gasteiger partial charge in [-0.25, -0.2) is 4.79 Å². The number of benzene rings is 1. The third-order valence-corrected chi connectivity index (χ3v) is 3.64. The number of aromatic nitrogens is 1. The van der Waals surface area contributed by atoms with E-state index in [9.17, 15) is 9.59 Å². The number of H-pyrrole nitrogens is 1. The number of amides is 1. The van der Waals surface area contributed by atoms with Gasteiger partial charge in [0, 0.05) is 24.7 Å². The monoisotopic (exact) mass is 261 g/mol. The molecule has 0 aliphatic heterocycles. The molecule has 0 atom stereocenters. The first-order chi connectivity index (χ1) is 9.04. The molecule has 0 unspecified atom stereocenters. The number of hydrogen-bond donors (Lipinski definition) is 2. The van der Waals surface area contributed by atoms with E-state index in [4.69, 9.17) is 10.2 Å². The van der Waals surface area contributed by atoms with Gasteiger partial charge in [-0.3, -0.25) is 9.78 Å². The van der Waals surface area contributed by atoms with Gasteiger partial charge in [-0.2, -0.15) is 0 Å². The summed E-state index contributed by atoms with van der Waals surface area (Å²) < 4.78 is 4.93. The first kappa shape index (κ1) is 12.0. The number of oxazole rings is 1. The van der Waals surface area contributed by atoms with Gasteiger partial charge in [-0.15, -0.1) is 0 Å². The summed E-state index contributed by atoms with van der Waals surface area (Å²) in [6, 6.07) is 5.32. The normalized spacial score (nSPS) is 22.2. The number of aromatic amines is 1. The Labute approximate surface area is 109 Å². The van der Waals surface area contributed by atoms with Gasteiger partial charge in [-0.1, -0.05) is 0 Å². The van der Waals surface area contributed by atoms with E-state index < -0.39 is 5.76 Å². The van der Waals surface area contributed by atoms with E-state index in [1.54, 1.807) is 30.1 Å². The molecule has 0 saturated heterocycles. The lowest BCUT2D eigenvalue weighted by Gasteiger charge is -2.34. The maximum Gasteiger partial charge on any atom is 0.417 e. The van der Waals surface area contributed by atoms with Gasteiger partial charge in [0.05, 0.1) is 5.52 Å². The Kier molecular flexibility index (Phi) is 2.67. The number of rotatable bonds is 2.